The zero-order chi connectivity index (χ0) is 23.0. The van der Waals surface area contributed by atoms with Crippen LogP contribution in [0.5, 0.6) is 0 Å². The van der Waals surface area contributed by atoms with E-state index in [4.69, 9.17) is 9.88 Å². The van der Waals surface area contributed by atoms with Gasteiger partial charge in [-0.15, -0.1) is 0 Å². The van der Waals surface area contributed by atoms with Crippen LogP contribution < -0.4 is 5.14 Å². The fourth-order valence-corrected chi connectivity index (χ4v) is 4.59. The Morgan fingerprint density at radius 1 is 0.781 bits per heavy atom. The van der Waals surface area contributed by atoms with E-state index in [0.717, 1.165) is 37.7 Å². The molecule has 0 fully saturated rings. The highest BCUT2D eigenvalue weighted by molar-refractivity contribution is 7.89. The number of primary sulfonamides is 1. The highest BCUT2D eigenvalue weighted by atomic mass is 32.2. The maximum absolute atomic E-state index is 12.3. The van der Waals surface area contributed by atoms with Gasteiger partial charge in [0.15, 0.2) is 5.44 Å². The van der Waals surface area contributed by atoms with Crippen LogP contribution in [0.4, 0.5) is 0 Å². The van der Waals surface area contributed by atoms with Crippen molar-refractivity contribution in [2.75, 3.05) is 6.54 Å². The number of carbonyl (C=O) groups excluding carboxylic acids is 2. The second kappa shape index (κ2) is 11.4. The molecule has 0 bridgehead atoms. The Hall–Kier alpha value is -2.55. The summed E-state index contributed by atoms with van der Waals surface area (Å²) in [5.41, 5.74) is 0.864. The number of hydrogen-bond acceptors (Lipinski definition) is 5. The second-order valence-electron chi connectivity index (χ2n) is 8.03. The van der Waals surface area contributed by atoms with E-state index in [0.29, 0.717) is 30.5 Å². The summed E-state index contributed by atoms with van der Waals surface area (Å²) in [6.07, 6.45) is 5.48. The molecule has 0 aromatic heterocycles. The number of amides is 2. The fraction of sp³-hybridized carbons (Fsp3) is 0.417. The van der Waals surface area contributed by atoms with Crippen molar-refractivity contribution in [1.29, 1.82) is 0 Å². The molecule has 1 heterocycles. The van der Waals surface area contributed by atoms with E-state index < -0.39 is 15.5 Å². The number of imide groups is 1. The number of rotatable bonds is 13. The van der Waals surface area contributed by atoms with Crippen LogP contribution >= 0.6 is 0 Å². The molecule has 32 heavy (non-hydrogen) atoms. The number of hydrogen-bond donors (Lipinski definition) is 1. The fourth-order valence-electron chi connectivity index (χ4n) is 3.84. The van der Waals surface area contributed by atoms with E-state index in [9.17, 15) is 18.0 Å². The van der Waals surface area contributed by atoms with Crippen molar-refractivity contribution in [3.8, 4) is 0 Å². The molecule has 2 amide bonds. The number of benzene rings is 2. The normalized spacial score (nSPS) is 14.6. The van der Waals surface area contributed by atoms with Gasteiger partial charge in [-0.25, -0.2) is 13.6 Å². The Morgan fingerprint density at radius 3 is 1.91 bits per heavy atom. The number of nitrogens with zero attached hydrogens (tertiary/aromatic N) is 1. The van der Waals surface area contributed by atoms with Gasteiger partial charge >= 0.3 is 0 Å². The second-order valence-corrected chi connectivity index (χ2v) is 9.74. The molecule has 172 valence electrons. The minimum Gasteiger partial charge on any atom is -0.356 e. The Morgan fingerprint density at radius 2 is 1.31 bits per heavy atom. The summed E-state index contributed by atoms with van der Waals surface area (Å²) >= 11 is 0. The molecule has 2 aromatic rings. The van der Waals surface area contributed by atoms with E-state index in [1.807, 2.05) is 30.3 Å². The van der Waals surface area contributed by atoms with Crippen LogP contribution in [0.1, 0.15) is 71.2 Å². The predicted molar refractivity (Wildman–Crippen MR) is 122 cm³/mol. The zero-order valence-electron chi connectivity index (χ0n) is 18.1. The maximum Gasteiger partial charge on any atom is 0.261 e. The Kier molecular flexibility index (Phi) is 8.55. The SMILES string of the molecule is NS(=O)(=O)C(CCCCCCCCN1C(=O)c2ccccc2C1=O)OCc1ccccc1. The number of sulfonamides is 1. The van der Waals surface area contributed by atoms with Crippen LogP contribution in [0.25, 0.3) is 0 Å². The summed E-state index contributed by atoms with van der Waals surface area (Å²) in [6.45, 7) is 0.632. The van der Waals surface area contributed by atoms with E-state index in [-0.39, 0.29) is 18.4 Å². The van der Waals surface area contributed by atoms with Gasteiger partial charge in [0.1, 0.15) is 0 Å². The van der Waals surface area contributed by atoms with Gasteiger partial charge < -0.3 is 4.74 Å². The summed E-state index contributed by atoms with van der Waals surface area (Å²) in [5.74, 6) is -0.426. The number of fused-ring (bicyclic) bond motifs is 1. The molecule has 1 atom stereocenters. The average Bonchev–Trinajstić information content (AvgIpc) is 3.02. The Bertz CT molecular complexity index is 989. The molecule has 1 aliphatic rings. The number of unbranched alkanes of at least 4 members (excludes halogenated alkanes) is 5. The van der Waals surface area contributed by atoms with Crippen LogP contribution in [-0.4, -0.2) is 37.1 Å². The van der Waals surface area contributed by atoms with Crippen LogP contribution in [0, 0.1) is 0 Å². The number of carbonyl (C=O) groups is 2. The smallest absolute Gasteiger partial charge is 0.261 e. The highest BCUT2D eigenvalue weighted by Crippen LogP contribution is 2.23. The topological polar surface area (TPSA) is 107 Å². The first kappa shape index (κ1) is 24.1. The van der Waals surface area contributed by atoms with Crippen molar-refractivity contribution in [2.45, 2.75) is 57.0 Å². The predicted octanol–water partition coefficient (Wildman–Crippen LogP) is 3.84. The summed E-state index contributed by atoms with van der Waals surface area (Å²) in [6, 6.07) is 16.3. The molecule has 7 nitrogen and oxygen atoms in total. The van der Waals surface area contributed by atoms with Crippen molar-refractivity contribution in [1.82, 2.24) is 4.90 Å². The lowest BCUT2D eigenvalue weighted by Gasteiger charge is -2.16. The van der Waals surface area contributed by atoms with Crippen molar-refractivity contribution in [2.24, 2.45) is 5.14 Å². The highest BCUT2D eigenvalue weighted by Gasteiger charge is 2.34. The summed E-state index contributed by atoms with van der Waals surface area (Å²) < 4.78 is 29.2. The zero-order valence-corrected chi connectivity index (χ0v) is 18.9. The molecule has 0 aliphatic carbocycles. The monoisotopic (exact) mass is 458 g/mol. The van der Waals surface area contributed by atoms with Crippen molar-refractivity contribution in [3.63, 3.8) is 0 Å². The maximum atomic E-state index is 12.3. The van der Waals surface area contributed by atoms with Gasteiger partial charge in [-0.2, -0.15) is 0 Å². The van der Waals surface area contributed by atoms with Crippen LogP contribution in [0.2, 0.25) is 0 Å². The molecule has 3 rings (SSSR count). The van der Waals surface area contributed by atoms with Gasteiger partial charge in [0.25, 0.3) is 11.8 Å². The molecular formula is C24H30N2O5S. The van der Waals surface area contributed by atoms with Gasteiger partial charge in [-0.05, 0) is 37.0 Å². The summed E-state index contributed by atoms with van der Waals surface area (Å²) in [5, 5.41) is 5.33. The molecule has 1 unspecified atom stereocenters. The first-order valence-electron chi connectivity index (χ1n) is 11.0. The lowest BCUT2D eigenvalue weighted by molar-refractivity contribution is 0.0651. The van der Waals surface area contributed by atoms with E-state index in [1.54, 1.807) is 24.3 Å². The third-order valence-corrected chi connectivity index (χ3v) is 6.70. The van der Waals surface area contributed by atoms with Gasteiger partial charge in [0.05, 0.1) is 17.7 Å². The van der Waals surface area contributed by atoms with Gasteiger partial charge in [0.2, 0.25) is 10.0 Å². The van der Waals surface area contributed by atoms with Gasteiger partial charge in [-0.3, -0.25) is 14.5 Å². The molecule has 2 aromatic carbocycles. The number of ether oxygens (including phenoxy) is 1. The Labute approximate surface area is 189 Å². The van der Waals surface area contributed by atoms with Crippen LogP contribution in [0.15, 0.2) is 54.6 Å². The van der Waals surface area contributed by atoms with Crippen molar-refractivity contribution < 1.29 is 22.7 Å². The van der Waals surface area contributed by atoms with E-state index in [2.05, 4.69) is 0 Å². The van der Waals surface area contributed by atoms with E-state index >= 15 is 0 Å². The van der Waals surface area contributed by atoms with Gasteiger partial charge in [0, 0.05) is 6.54 Å². The molecule has 1 aliphatic heterocycles. The lowest BCUT2D eigenvalue weighted by Crippen LogP contribution is -2.31. The van der Waals surface area contributed by atoms with Gasteiger partial charge in [-0.1, -0.05) is 68.1 Å². The standard InChI is InChI=1S/C24H30N2O5S/c25-32(29,30)22(31-18-19-12-6-5-7-13-19)16-8-3-1-2-4-11-17-26-23(27)20-14-9-10-15-21(20)24(26)28/h5-7,9-10,12-15,22H,1-4,8,11,16-18H2,(H2,25,29,30). The molecule has 0 saturated heterocycles. The molecule has 8 heteroatoms. The van der Waals surface area contributed by atoms with Crippen molar-refractivity contribution in [3.05, 3.63) is 71.3 Å². The first-order chi connectivity index (χ1) is 15.4. The van der Waals surface area contributed by atoms with Crippen LogP contribution in [0.3, 0.4) is 0 Å². The third kappa shape index (κ3) is 6.48. The minimum absolute atomic E-state index is 0.208. The lowest BCUT2D eigenvalue weighted by atomic mass is 10.1. The van der Waals surface area contributed by atoms with Crippen molar-refractivity contribution >= 4 is 21.8 Å². The molecular weight excluding hydrogens is 428 g/mol. The third-order valence-electron chi connectivity index (χ3n) is 5.59. The quantitative estimate of drug-likeness (QED) is 0.362. The van der Waals surface area contributed by atoms with Crippen LogP contribution in [-0.2, 0) is 21.4 Å². The first-order valence-corrected chi connectivity index (χ1v) is 12.6. The average molecular weight is 459 g/mol. The largest absolute Gasteiger partial charge is 0.356 e. The molecule has 0 radical (unpaired) electrons. The minimum atomic E-state index is -3.77. The molecule has 0 saturated carbocycles. The molecule has 2 N–H and O–H groups in total. The summed E-state index contributed by atoms with van der Waals surface area (Å²) in [4.78, 5) is 26.0. The summed E-state index contributed by atoms with van der Waals surface area (Å²) in [7, 11) is -3.77. The number of nitrogens with two attached hydrogens (primary N) is 1. The Balaban J connectivity index is 1.30. The van der Waals surface area contributed by atoms with E-state index in [1.165, 1.54) is 4.90 Å². The molecule has 0 spiro atoms.